The SMILES string of the molecule is O=C1OCC/C1=C/Nc1ncn[nH]1. The van der Waals surface area contributed by atoms with Gasteiger partial charge >= 0.3 is 5.97 Å². The van der Waals surface area contributed by atoms with E-state index >= 15 is 0 Å². The zero-order chi connectivity index (χ0) is 9.10. The van der Waals surface area contributed by atoms with Crippen molar-refractivity contribution >= 4 is 11.9 Å². The maximum absolute atomic E-state index is 11.0. The molecule has 1 aliphatic heterocycles. The molecule has 68 valence electrons. The van der Waals surface area contributed by atoms with E-state index in [1.165, 1.54) is 6.33 Å². The molecule has 1 aromatic heterocycles. The van der Waals surface area contributed by atoms with Crippen LogP contribution in [0.2, 0.25) is 0 Å². The molecule has 2 N–H and O–H groups in total. The Morgan fingerprint density at radius 3 is 3.23 bits per heavy atom. The van der Waals surface area contributed by atoms with E-state index in [4.69, 9.17) is 4.74 Å². The Bertz CT molecular complexity index is 330. The normalized spacial score (nSPS) is 19.1. The van der Waals surface area contributed by atoms with Crippen molar-refractivity contribution in [1.82, 2.24) is 15.2 Å². The number of cyclic esters (lactones) is 1. The Balaban J connectivity index is 2.01. The minimum Gasteiger partial charge on any atom is -0.462 e. The van der Waals surface area contributed by atoms with E-state index < -0.39 is 0 Å². The van der Waals surface area contributed by atoms with Gasteiger partial charge in [0.2, 0.25) is 5.95 Å². The zero-order valence-electron chi connectivity index (χ0n) is 6.78. The lowest BCUT2D eigenvalue weighted by Crippen LogP contribution is -1.99. The van der Waals surface area contributed by atoms with Crippen LogP contribution in [0.25, 0.3) is 0 Å². The second-order valence-corrected chi connectivity index (χ2v) is 2.53. The third kappa shape index (κ3) is 1.66. The van der Waals surface area contributed by atoms with Crippen LogP contribution in [0.15, 0.2) is 18.1 Å². The van der Waals surface area contributed by atoms with Gasteiger partial charge in [0.25, 0.3) is 0 Å². The van der Waals surface area contributed by atoms with Gasteiger partial charge in [-0.25, -0.2) is 9.89 Å². The fraction of sp³-hybridized carbons (Fsp3) is 0.286. The summed E-state index contributed by atoms with van der Waals surface area (Å²) in [5.41, 5.74) is 0.622. The van der Waals surface area contributed by atoms with E-state index in [0.29, 0.717) is 24.5 Å². The molecule has 0 spiro atoms. The molecule has 13 heavy (non-hydrogen) atoms. The number of carbonyl (C=O) groups excluding carboxylic acids is 1. The predicted molar refractivity (Wildman–Crippen MR) is 43.7 cm³/mol. The summed E-state index contributed by atoms with van der Waals surface area (Å²) in [5, 5.41) is 9.05. The number of rotatable bonds is 2. The standard InChI is InChI=1S/C7H8N4O2/c12-6-5(1-2-13-6)3-8-7-9-4-10-11-7/h3-4H,1-2H2,(H2,8,9,10,11)/b5-3-. The first-order chi connectivity index (χ1) is 6.36. The van der Waals surface area contributed by atoms with Crippen molar-refractivity contribution in [3.05, 3.63) is 18.1 Å². The molecule has 1 aliphatic rings. The Labute approximate surface area is 74.0 Å². The van der Waals surface area contributed by atoms with Gasteiger partial charge in [-0.05, 0) is 0 Å². The number of anilines is 1. The first-order valence-electron chi connectivity index (χ1n) is 3.84. The highest BCUT2D eigenvalue weighted by Gasteiger charge is 2.18. The van der Waals surface area contributed by atoms with Crippen molar-refractivity contribution in [2.75, 3.05) is 11.9 Å². The average molecular weight is 180 g/mol. The van der Waals surface area contributed by atoms with Crippen molar-refractivity contribution < 1.29 is 9.53 Å². The smallest absolute Gasteiger partial charge is 0.335 e. The number of H-pyrrole nitrogens is 1. The lowest BCUT2D eigenvalue weighted by molar-refractivity contribution is -0.135. The minimum absolute atomic E-state index is 0.271. The third-order valence-corrected chi connectivity index (χ3v) is 1.66. The van der Waals surface area contributed by atoms with E-state index in [9.17, 15) is 4.79 Å². The number of hydrogen-bond acceptors (Lipinski definition) is 5. The molecule has 0 amide bonds. The Morgan fingerprint density at radius 2 is 2.62 bits per heavy atom. The summed E-state index contributed by atoms with van der Waals surface area (Å²) < 4.78 is 4.74. The molecule has 2 rings (SSSR count). The molecule has 6 heteroatoms. The van der Waals surface area contributed by atoms with Crippen LogP contribution in [-0.4, -0.2) is 27.8 Å². The van der Waals surface area contributed by atoms with Crippen LogP contribution in [0, 0.1) is 0 Å². The number of nitrogens with one attached hydrogen (secondary N) is 2. The summed E-state index contributed by atoms with van der Waals surface area (Å²) in [6.45, 7) is 0.461. The molecule has 0 atom stereocenters. The molecule has 1 aromatic rings. The van der Waals surface area contributed by atoms with Gasteiger partial charge in [-0.15, -0.1) is 0 Å². The molecule has 6 nitrogen and oxygen atoms in total. The lowest BCUT2D eigenvalue weighted by Gasteiger charge is -1.93. The van der Waals surface area contributed by atoms with Crippen LogP contribution in [0.5, 0.6) is 0 Å². The molecule has 1 saturated heterocycles. The Hall–Kier alpha value is -1.85. The Kier molecular flexibility index (Phi) is 1.95. The molecule has 0 aromatic carbocycles. The van der Waals surface area contributed by atoms with Crippen molar-refractivity contribution in [1.29, 1.82) is 0 Å². The number of nitrogens with zero attached hydrogens (tertiary/aromatic N) is 2. The predicted octanol–water partition coefficient (Wildman–Crippen LogP) is 0.0474. The van der Waals surface area contributed by atoms with Gasteiger partial charge in [-0.3, -0.25) is 0 Å². The summed E-state index contributed by atoms with van der Waals surface area (Å²) in [5.74, 6) is 0.235. The second-order valence-electron chi connectivity index (χ2n) is 2.53. The van der Waals surface area contributed by atoms with E-state index in [1.54, 1.807) is 6.20 Å². The molecule has 1 fully saturated rings. The van der Waals surface area contributed by atoms with Crippen LogP contribution in [-0.2, 0) is 9.53 Å². The molecule has 0 aliphatic carbocycles. The van der Waals surface area contributed by atoms with Gasteiger partial charge in [0, 0.05) is 12.6 Å². The maximum atomic E-state index is 11.0. The fourth-order valence-electron chi connectivity index (χ4n) is 1.01. The van der Waals surface area contributed by atoms with E-state index in [0.717, 1.165) is 0 Å². The molecule has 0 radical (unpaired) electrons. The van der Waals surface area contributed by atoms with Crippen LogP contribution in [0.1, 0.15) is 6.42 Å². The lowest BCUT2D eigenvalue weighted by atomic mass is 10.2. The monoisotopic (exact) mass is 180 g/mol. The number of carbonyl (C=O) groups is 1. The summed E-state index contributed by atoms with van der Waals surface area (Å²) in [7, 11) is 0. The van der Waals surface area contributed by atoms with Crippen molar-refractivity contribution in [3.63, 3.8) is 0 Å². The molecule has 2 heterocycles. The highest BCUT2D eigenvalue weighted by atomic mass is 16.5. The molecular formula is C7H8N4O2. The maximum Gasteiger partial charge on any atom is 0.335 e. The van der Waals surface area contributed by atoms with Gasteiger partial charge in [-0.1, -0.05) is 0 Å². The van der Waals surface area contributed by atoms with E-state index in [-0.39, 0.29) is 5.97 Å². The van der Waals surface area contributed by atoms with Crippen LogP contribution in [0.4, 0.5) is 5.95 Å². The highest BCUT2D eigenvalue weighted by molar-refractivity contribution is 5.90. The topological polar surface area (TPSA) is 79.9 Å². The van der Waals surface area contributed by atoms with E-state index in [1.807, 2.05) is 0 Å². The summed E-state index contributed by atoms with van der Waals surface area (Å²) in [4.78, 5) is 14.8. The van der Waals surface area contributed by atoms with Gasteiger partial charge in [0.05, 0.1) is 12.2 Å². The molecule has 0 unspecified atom stereocenters. The van der Waals surface area contributed by atoms with Crippen molar-refractivity contribution in [2.45, 2.75) is 6.42 Å². The summed E-state index contributed by atoms with van der Waals surface area (Å²) in [6.07, 6.45) is 3.60. The van der Waals surface area contributed by atoms with E-state index in [2.05, 4.69) is 20.5 Å². The van der Waals surface area contributed by atoms with Crippen molar-refractivity contribution in [2.24, 2.45) is 0 Å². The quantitative estimate of drug-likeness (QED) is 0.496. The van der Waals surface area contributed by atoms with Gasteiger partial charge in [0.1, 0.15) is 6.33 Å². The van der Waals surface area contributed by atoms with Crippen LogP contribution >= 0.6 is 0 Å². The van der Waals surface area contributed by atoms with Crippen LogP contribution in [0.3, 0.4) is 0 Å². The second kappa shape index (κ2) is 3.26. The number of aromatic nitrogens is 3. The summed E-state index contributed by atoms with van der Waals surface area (Å²) in [6, 6.07) is 0. The Morgan fingerprint density at radius 1 is 1.69 bits per heavy atom. The van der Waals surface area contributed by atoms with Gasteiger partial charge < -0.3 is 10.1 Å². The average Bonchev–Trinajstić information content (AvgIpc) is 2.72. The van der Waals surface area contributed by atoms with Gasteiger partial charge in [-0.2, -0.15) is 10.1 Å². The minimum atomic E-state index is -0.271. The largest absolute Gasteiger partial charge is 0.462 e. The van der Waals surface area contributed by atoms with Gasteiger partial charge in [0.15, 0.2) is 0 Å². The third-order valence-electron chi connectivity index (χ3n) is 1.66. The number of hydrogen-bond donors (Lipinski definition) is 2. The zero-order valence-corrected chi connectivity index (χ0v) is 6.78. The molecule has 0 bridgehead atoms. The molecular weight excluding hydrogens is 172 g/mol. The number of esters is 1. The first kappa shape index (κ1) is 7.78. The highest BCUT2D eigenvalue weighted by Crippen LogP contribution is 2.12. The number of ether oxygens (including phenoxy) is 1. The first-order valence-corrected chi connectivity index (χ1v) is 3.84. The van der Waals surface area contributed by atoms with Crippen LogP contribution < -0.4 is 5.32 Å². The fourth-order valence-corrected chi connectivity index (χ4v) is 1.01. The van der Waals surface area contributed by atoms with Crippen molar-refractivity contribution in [3.8, 4) is 0 Å². The molecule has 0 saturated carbocycles. The summed E-state index contributed by atoms with van der Waals surface area (Å²) >= 11 is 0. The number of aromatic amines is 1.